The molecule has 0 radical (unpaired) electrons. The molecule has 0 spiro atoms. The van der Waals surface area contributed by atoms with Crippen molar-refractivity contribution in [2.45, 2.75) is 11.8 Å². The van der Waals surface area contributed by atoms with Crippen LogP contribution in [0.2, 0.25) is 0 Å². The molecule has 0 fully saturated rings. The molecule has 9 heteroatoms. The lowest BCUT2D eigenvalue weighted by molar-refractivity contribution is -0.117. The van der Waals surface area contributed by atoms with E-state index in [2.05, 4.69) is 16.4 Å². The van der Waals surface area contributed by atoms with Crippen LogP contribution in [0.5, 0.6) is 0 Å². The van der Waals surface area contributed by atoms with E-state index < -0.39 is 15.9 Å². The van der Waals surface area contributed by atoms with Gasteiger partial charge in [-0.25, -0.2) is 18.1 Å². The van der Waals surface area contributed by atoms with Crippen molar-refractivity contribution in [3.8, 4) is 6.07 Å². The van der Waals surface area contributed by atoms with Crippen LogP contribution in [-0.2, 0) is 21.9 Å². The number of nitrogens with one attached hydrogen (secondary N) is 2. The number of nitrogens with zero attached hydrogens (tertiary/aromatic N) is 3. The number of sulfonamides is 1. The number of imidazole rings is 1. The van der Waals surface area contributed by atoms with Crippen LogP contribution >= 0.6 is 0 Å². The summed E-state index contributed by atoms with van der Waals surface area (Å²) in [6.45, 7) is 1.13. The number of rotatable bonds is 5. The Kier molecular flexibility index (Phi) is 5.15. The third kappa shape index (κ3) is 3.87. The van der Waals surface area contributed by atoms with Gasteiger partial charge in [-0.1, -0.05) is 12.1 Å². The second-order valence-corrected chi connectivity index (χ2v) is 7.67. The number of hydrogen-bond acceptors (Lipinski definition) is 6. The lowest BCUT2D eigenvalue weighted by Gasteiger charge is -2.07. The Morgan fingerprint density at radius 2 is 1.86 bits per heavy atom. The molecule has 2 N–H and O–H groups in total. The van der Waals surface area contributed by atoms with Gasteiger partial charge in [-0.05, 0) is 36.4 Å². The third-order valence-electron chi connectivity index (χ3n) is 3.97. The van der Waals surface area contributed by atoms with Crippen LogP contribution in [0.1, 0.15) is 12.7 Å². The predicted molar refractivity (Wildman–Crippen MR) is 105 cm³/mol. The summed E-state index contributed by atoms with van der Waals surface area (Å²) in [7, 11) is -2.05. The van der Waals surface area contributed by atoms with E-state index >= 15 is 0 Å². The number of benzene rings is 2. The van der Waals surface area contributed by atoms with E-state index in [1.54, 1.807) is 0 Å². The summed E-state index contributed by atoms with van der Waals surface area (Å²) in [6, 6.07) is 15.5. The first-order chi connectivity index (χ1) is 13.3. The minimum absolute atomic E-state index is 0.0342. The second-order valence-electron chi connectivity index (χ2n) is 5.98. The molecular weight excluding hydrogens is 378 g/mol. The number of anilines is 1. The molecule has 3 aromatic rings. The largest absolute Gasteiger partial charge is 0.360 e. The van der Waals surface area contributed by atoms with Gasteiger partial charge in [-0.3, -0.25) is 4.79 Å². The van der Waals surface area contributed by atoms with E-state index in [4.69, 9.17) is 0 Å². The first-order valence-electron chi connectivity index (χ1n) is 8.24. The van der Waals surface area contributed by atoms with Crippen molar-refractivity contribution in [2.75, 3.05) is 5.32 Å². The Morgan fingerprint density at radius 3 is 2.46 bits per heavy atom. The number of hydrogen-bond donors (Lipinski definition) is 2. The normalized spacial score (nSPS) is 11.8. The standard InChI is InChI=1S/C19H17N5O3S/c1-13(25)23-28(26,27)16-9-7-15(8-10-16)21-12-14(11-20)19-22-17-5-3-4-6-18(17)24(19)2/h3-10,12,21H,1-2H3,(H,23,25)/b14-12-. The van der Waals surface area contributed by atoms with Gasteiger partial charge in [0.1, 0.15) is 11.6 Å². The fourth-order valence-corrected chi connectivity index (χ4v) is 3.66. The summed E-state index contributed by atoms with van der Waals surface area (Å²) >= 11 is 0. The zero-order valence-electron chi connectivity index (χ0n) is 15.2. The van der Waals surface area contributed by atoms with Crippen LogP contribution in [-0.4, -0.2) is 23.9 Å². The molecule has 28 heavy (non-hydrogen) atoms. The molecule has 0 atom stereocenters. The van der Waals surface area contributed by atoms with Crippen LogP contribution < -0.4 is 10.0 Å². The summed E-state index contributed by atoms with van der Waals surface area (Å²) < 4.78 is 27.6. The van der Waals surface area contributed by atoms with Crippen molar-refractivity contribution < 1.29 is 13.2 Å². The molecule has 0 aliphatic heterocycles. The highest BCUT2D eigenvalue weighted by Gasteiger charge is 2.15. The van der Waals surface area contributed by atoms with E-state index in [0.717, 1.165) is 18.0 Å². The first-order valence-corrected chi connectivity index (χ1v) is 9.72. The predicted octanol–water partition coefficient (Wildman–Crippen LogP) is 2.37. The van der Waals surface area contributed by atoms with Gasteiger partial charge in [0.15, 0.2) is 5.82 Å². The summed E-state index contributed by atoms with van der Waals surface area (Å²) in [6.07, 6.45) is 1.51. The maximum absolute atomic E-state index is 12.0. The van der Waals surface area contributed by atoms with Gasteiger partial charge >= 0.3 is 0 Å². The molecule has 1 heterocycles. The molecule has 0 saturated carbocycles. The van der Waals surface area contributed by atoms with Gasteiger partial charge in [0.05, 0.1) is 15.9 Å². The van der Waals surface area contributed by atoms with Crippen LogP contribution in [0.25, 0.3) is 16.6 Å². The van der Waals surface area contributed by atoms with Crippen LogP contribution in [0, 0.1) is 11.3 Å². The van der Waals surface area contributed by atoms with E-state index in [0.29, 0.717) is 17.1 Å². The number of para-hydroxylation sites is 2. The van der Waals surface area contributed by atoms with Gasteiger partial charge in [-0.2, -0.15) is 5.26 Å². The summed E-state index contributed by atoms with van der Waals surface area (Å²) in [5.41, 5.74) is 2.60. The van der Waals surface area contributed by atoms with Crippen LogP contribution in [0.3, 0.4) is 0 Å². The number of fused-ring (bicyclic) bond motifs is 1. The summed E-state index contributed by atoms with van der Waals surface area (Å²) in [5.74, 6) is -0.146. The molecule has 1 aromatic heterocycles. The van der Waals surface area contributed by atoms with E-state index in [1.165, 1.54) is 30.5 Å². The monoisotopic (exact) mass is 395 g/mol. The molecule has 0 aliphatic rings. The number of nitriles is 1. The number of carbonyl (C=O) groups is 1. The number of allylic oxidation sites excluding steroid dienone is 1. The molecule has 142 valence electrons. The number of carbonyl (C=O) groups excluding carboxylic acids is 1. The van der Waals surface area contributed by atoms with Crippen molar-refractivity contribution in [3.63, 3.8) is 0 Å². The lowest BCUT2D eigenvalue weighted by atomic mass is 10.3. The Bertz CT molecular complexity index is 1220. The highest BCUT2D eigenvalue weighted by Crippen LogP contribution is 2.21. The SMILES string of the molecule is CC(=O)NS(=O)(=O)c1ccc(N/C=C(/C#N)c2nc3ccccc3n2C)cc1. The molecule has 8 nitrogen and oxygen atoms in total. The number of amides is 1. The number of aromatic nitrogens is 2. The van der Waals surface area contributed by atoms with E-state index in [-0.39, 0.29) is 4.90 Å². The number of aryl methyl sites for hydroxylation is 1. The Hall–Kier alpha value is -3.64. The zero-order valence-corrected chi connectivity index (χ0v) is 16.0. The zero-order chi connectivity index (χ0) is 20.3. The lowest BCUT2D eigenvalue weighted by Crippen LogP contribution is -2.28. The molecule has 1 amide bonds. The maximum atomic E-state index is 12.0. The van der Waals surface area contributed by atoms with Crippen LogP contribution in [0.4, 0.5) is 5.69 Å². The molecular formula is C19H17N5O3S. The topological polar surface area (TPSA) is 117 Å². The average molecular weight is 395 g/mol. The molecule has 0 aliphatic carbocycles. The van der Waals surface area contributed by atoms with Gasteiger partial charge in [0.2, 0.25) is 5.91 Å². The molecule has 0 saturated heterocycles. The van der Waals surface area contributed by atoms with Gasteiger partial charge in [0.25, 0.3) is 10.0 Å². The van der Waals surface area contributed by atoms with Crippen molar-refractivity contribution >= 4 is 38.2 Å². The summed E-state index contributed by atoms with van der Waals surface area (Å²) in [4.78, 5) is 15.4. The van der Waals surface area contributed by atoms with Crippen molar-refractivity contribution in [2.24, 2.45) is 7.05 Å². The minimum atomic E-state index is -3.88. The van der Waals surface area contributed by atoms with Crippen LogP contribution in [0.15, 0.2) is 59.6 Å². The van der Waals surface area contributed by atoms with E-state index in [9.17, 15) is 18.5 Å². The van der Waals surface area contributed by atoms with Crippen molar-refractivity contribution in [1.29, 1.82) is 5.26 Å². The molecule has 0 bridgehead atoms. The first kappa shape index (κ1) is 19.1. The average Bonchev–Trinajstić information content (AvgIpc) is 2.99. The van der Waals surface area contributed by atoms with Gasteiger partial charge in [0, 0.05) is 25.9 Å². The highest BCUT2D eigenvalue weighted by atomic mass is 32.2. The van der Waals surface area contributed by atoms with E-state index in [1.807, 2.05) is 40.6 Å². The molecule has 2 aromatic carbocycles. The molecule has 3 rings (SSSR count). The van der Waals surface area contributed by atoms with Gasteiger partial charge in [-0.15, -0.1) is 0 Å². The third-order valence-corrected chi connectivity index (χ3v) is 5.42. The Balaban J connectivity index is 1.84. The maximum Gasteiger partial charge on any atom is 0.264 e. The fourth-order valence-electron chi connectivity index (χ4n) is 2.67. The van der Waals surface area contributed by atoms with Gasteiger partial charge < -0.3 is 9.88 Å². The quantitative estimate of drug-likeness (QED) is 0.641. The second kappa shape index (κ2) is 7.54. The highest BCUT2D eigenvalue weighted by molar-refractivity contribution is 7.90. The smallest absolute Gasteiger partial charge is 0.264 e. The summed E-state index contributed by atoms with van der Waals surface area (Å²) in [5, 5.41) is 12.5. The molecule has 0 unspecified atom stereocenters. The minimum Gasteiger partial charge on any atom is -0.360 e. The Labute approximate surface area is 162 Å². The fraction of sp³-hybridized carbons (Fsp3) is 0.105. The van der Waals surface area contributed by atoms with Crippen molar-refractivity contribution in [1.82, 2.24) is 14.3 Å². The van der Waals surface area contributed by atoms with Crippen molar-refractivity contribution in [3.05, 3.63) is 60.6 Å². The Morgan fingerprint density at radius 1 is 1.18 bits per heavy atom.